The molecule has 0 aliphatic heterocycles. The van der Waals surface area contributed by atoms with Crippen LogP contribution >= 0.6 is 0 Å². The van der Waals surface area contributed by atoms with Gasteiger partial charge in [-0.05, 0) is 0 Å². The first kappa shape index (κ1) is 24.2. The zero-order valence-electron chi connectivity index (χ0n) is 17.0. The summed E-state index contributed by atoms with van der Waals surface area (Å²) in [5, 5.41) is 0. The average molecular weight is 445 g/mol. The van der Waals surface area contributed by atoms with Crippen LogP contribution in [0.1, 0.15) is 73.1 Å². The molecule has 0 spiro atoms. The molecule has 0 fully saturated rings. The fourth-order valence-electron chi connectivity index (χ4n) is 3.11. The van der Waals surface area contributed by atoms with Gasteiger partial charge in [0.25, 0.3) is 0 Å². The van der Waals surface area contributed by atoms with Crippen LogP contribution in [0.3, 0.4) is 0 Å². The maximum atomic E-state index is 5.58. The van der Waals surface area contributed by atoms with E-state index in [1.807, 2.05) is 13.8 Å². The molecule has 0 radical (unpaired) electrons. The molecule has 0 saturated heterocycles. The molecule has 3 heteroatoms. The predicted octanol–water partition coefficient (Wildman–Crippen LogP) is 6.89. The molecule has 24 heavy (non-hydrogen) atoms. The molecule has 2 nitrogen and oxygen atoms in total. The molecule has 0 atom stereocenters. The molecular weight excluding hydrogens is 403 g/mol. The van der Waals surface area contributed by atoms with E-state index in [-0.39, 0.29) is 6.29 Å². The summed E-state index contributed by atoms with van der Waals surface area (Å²) in [6, 6.07) is 0. The molecule has 0 unspecified atom stereocenters. The van der Waals surface area contributed by atoms with Gasteiger partial charge in [0.1, 0.15) is 0 Å². The third-order valence-corrected chi connectivity index (χ3v) is 18.7. The SMILES string of the molecule is CCC[CH2][Sn](/[CH]=C/C=C/C(OCC)OCC)([CH2]CCC)[CH2]CCC. The van der Waals surface area contributed by atoms with E-state index >= 15 is 0 Å². The van der Waals surface area contributed by atoms with E-state index in [0.29, 0.717) is 13.2 Å². The van der Waals surface area contributed by atoms with E-state index < -0.39 is 18.4 Å². The molecule has 0 saturated carbocycles. The number of rotatable bonds is 16. The second-order valence-electron chi connectivity index (χ2n) is 6.70. The van der Waals surface area contributed by atoms with E-state index in [1.54, 1.807) is 0 Å². The molecule has 142 valence electrons. The fourth-order valence-corrected chi connectivity index (χ4v) is 17.2. The van der Waals surface area contributed by atoms with Crippen molar-refractivity contribution >= 4 is 18.4 Å². The maximum absolute atomic E-state index is 5.58. The number of ether oxygens (including phenoxy) is 2. The molecule has 0 amide bonds. The van der Waals surface area contributed by atoms with Gasteiger partial charge < -0.3 is 0 Å². The van der Waals surface area contributed by atoms with Gasteiger partial charge in [0.05, 0.1) is 0 Å². The fraction of sp³-hybridized carbons (Fsp3) is 0.810. The number of hydrogen-bond donors (Lipinski definition) is 0. The van der Waals surface area contributed by atoms with Crippen LogP contribution in [-0.4, -0.2) is 37.9 Å². The Hall–Kier alpha value is 0.199. The van der Waals surface area contributed by atoms with Crippen molar-refractivity contribution < 1.29 is 9.47 Å². The monoisotopic (exact) mass is 446 g/mol. The van der Waals surface area contributed by atoms with E-state index in [9.17, 15) is 0 Å². The van der Waals surface area contributed by atoms with Gasteiger partial charge >= 0.3 is 156 Å². The summed E-state index contributed by atoms with van der Waals surface area (Å²) >= 11 is -2.13. The van der Waals surface area contributed by atoms with Gasteiger partial charge in [0, 0.05) is 0 Å². The summed E-state index contributed by atoms with van der Waals surface area (Å²) in [5.41, 5.74) is 0. The van der Waals surface area contributed by atoms with Crippen molar-refractivity contribution in [1.82, 2.24) is 0 Å². The van der Waals surface area contributed by atoms with Crippen molar-refractivity contribution in [2.24, 2.45) is 0 Å². The van der Waals surface area contributed by atoms with Crippen LogP contribution in [0, 0.1) is 0 Å². The summed E-state index contributed by atoms with van der Waals surface area (Å²) in [7, 11) is 0. The Kier molecular flexibility index (Phi) is 16.8. The van der Waals surface area contributed by atoms with Crippen LogP contribution in [0.4, 0.5) is 0 Å². The summed E-state index contributed by atoms with van der Waals surface area (Å²) in [5.74, 6) is 0. The topological polar surface area (TPSA) is 18.5 Å². The molecule has 0 N–H and O–H groups in total. The zero-order valence-corrected chi connectivity index (χ0v) is 19.8. The molecule has 0 aliphatic carbocycles. The van der Waals surface area contributed by atoms with Gasteiger partial charge in [-0.1, -0.05) is 0 Å². The van der Waals surface area contributed by atoms with E-state index in [0.717, 1.165) is 0 Å². The molecule has 0 aromatic carbocycles. The van der Waals surface area contributed by atoms with Gasteiger partial charge in [-0.2, -0.15) is 0 Å². The third-order valence-electron chi connectivity index (χ3n) is 4.58. The normalized spacial score (nSPS) is 12.9. The van der Waals surface area contributed by atoms with E-state index in [2.05, 4.69) is 43.1 Å². The second kappa shape index (κ2) is 16.7. The summed E-state index contributed by atoms with van der Waals surface area (Å²) in [6.07, 6.45) is 14.6. The third kappa shape index (κ3) is 11.7. The summed E-state index contributed by atoms with van der Waals surface area (Å²) in [4.78, 5) is 0. The first-order chi connectivity index (χ1) is 11.7. The molecule has 0 heterocycles. The molecule has 0 aromatic rings. The Morgan fingerprint density at radius 1 is 0.708 bits per heavy atom. The zero-order chi connectivity index (χ0) is 18.1. The van der Waals surface area contributed by atoms with Crippen LogP contribution in [0.15, 0.2) is 22.3 Å². The van der Waals surface area contributed by atoms with Crippen molar-refractivity contribution in [3.8, 4) is 0 Å². The second-order valence-corrected chi connectivity index (χ2v) is 19.7. The van der Waals surface area contributed by atoms with Crippen molar-refractivity contribution in [1.29, 1.82) is 0 Å². The Bertz CT molecular complexity index is 298. The van der Waals surface area contributed by atoms with E-state index in [1.165, 1.54) is 51.8 Å². The predicted molar refractivity (Wildman–Crippen MR) is 110 cm³/mol. The number of allylic oxidation sites excluding steroid dienone is 2. The van der Waals surface area contributed by atoms with Gasteiger partial charge in [-0.3, -0.25) is 0 Å². The van der Waals surface area contributed by atoms with Crippen LogP contribution in [0.5, 0.6) is 0 Å². The molecule has 0 rings (SSSR count). The first-order valence-corrected chi connectivity index (χ1v) is 18.0. The molecular formula is C21H42O2Sn. The van der Waals surface area contributed by atoms with Gasteiger partial charge in [-0.25, -0.2) is 0 Å². The molecule has 0 bridgehead atoms. The standard InChI is InChI=1S/C9H15O2.3C4H9.Sn/c1-4-7-8-9(10-5-2)11-6-3;3*1-3-4-2;/h1,4,7-9H,5-6H2,2-3H3;3*1,3-4H2,2H3;/b4-1?,8-7+;;;;. The van der Waals surface area contributed by atoms with Crippen molar-refractivity contribution in [3.63, 3.8) is 0 Å². The Morgan fingerprint density at radius 3 is 1.54 bits per heavy atom. The minimum atomic E-state index is -2.13. The minimum absolute atomic E-state index is 0.198. The Morgan fingerprint density at radius 2 is 1.17 bits per heavy atom. The van der Waals surface area contributed by atoms with Gasteiger partial charge in [0.15, 0.2) is 0 Å². The van der Waals surface area contributed by atoms with Crippen LogP contribution in [0.2, 0.25) is 13.3 Å². The van der Waals surface area contributed by atoms with Gasteiger partial charge in [-0.15, -0.1) is 0 Å². The molecule has 0 aromatic heterocycles. The first-order valence-electron chi connectivity index (χ1n) is 10.3. The van der Waals surface area contributed by atoms with Crippen LogP contribution < -0.4 is 0 Å². The summed E-state index contributed by atoms with van der Waals surface area (Å²) in [6.45, 7) is 12.4. The Labute approximate surface area is 156 Å². The van der Waals surface area contributed by atoms with Crippen molar-refractivity contribution in [2.45, 2.75) is 92.7 Å². The quantitative estimate of drug-likeness (QED) is 0.146. The number of hydrogen-bond acceptors (Lipinski definition) is 2. The van der Waals surface area contributed by atoms with E-state index in [4.69, 9.17) is 9.47 Å². The average Bonchev–Trinajstić information content (AvgIpc) is 2.59. The summed E-state index contributed by atoms with van der Waals surface area (Å²) < 4.78 is 18.4. The number of unbranched alkanes of at least 4 members (excludes halogenated alkanes) is 3. The van der Waals surface area contributed by atoms with Crippen molar-refractivity contribution in [3.05, 3.63) is 22.3 Å². The molecule has 0 aliphatic rings. The van der Waals surface area contributed by atoms with Crippen molar-refractivity contribution in [2.75, 3.05) is 13.2 Å². The van der Waals surface area contributed by atoms with Crippen LogP contribution in [-0.2, 0) is 9.47 Å². The Balaban J connectivity index is 4.94. The van der Waals surface area contributed by atoms with Gasteiger partial charge in [0.2, 0.25) is 0 Å². The van der Waals surface area contributed by atoms with Crippen LogP contribution in [0.25, 0.3) is 0 Å².